The molecule has 2 aliphatic rings. The van der Waals surface area contributed by atoms with Gasteiger partial charge in [0.1, 0.15) is 5.76 Å². The maximum absolute atomic E-state index is 13.7. The molecule has 1 aliphatic carbocycles. The van der Waals surface area contributed by atoms with Crippen molar-refractivity contribution >= 4 is 23.2 Å². The summed E-state index contributed by atoms with van der Waals surface area (Å²) in [6, 6.07) is 20.6. The number of nitrogens with one attached hydrogen (secondary N) is 2. The van der Waals surface area contributed by atoms with Crippen molar-refractivity contribution in [2.24, 2.45) is 0 Å². The first kappa shape index (κ1) is 21.1. The van der Waals surface area contributed by atoms with E-state index in [0.717, 1.165) is 34.8 Å². The summed E-state index contributed by atoms with van der Waals surface area (Å²) in [5.74, 6) is 0.797. The molecule has 2 amide bonds. The van der Waals surface area contributed by atoms with Crippen LogP contribution in [0.1, 0.15) is 49.5 Å². The van der Waals surface area contributed by atoms with E-state index >= 15 is 0 Å². The summed E-state index contributed by atoms with van der Waals surface area (Å²) < 4.78 is 5.64. The second kappa shape index (κ2) is 8.98. The lowest BCUT2D eigenvalue weighted by Gasteiger charge is -2.34. The summed E-state index contributed by atoms with van der Waals surface area (Å²) in [6.45, 7) is 2.58. The molecule has 3 aromatic rings. The summed E-state index contributed by atoms with van der Waals surface area (Å²) in [5, 5.41) is 6.54. The zero-order valence-corrected chi connectivity index (χ0v) is 18.6. The van der Waals surface area contributed by atoms with E-state index in [9.17, 15) is 9.59 Å². The highest BCUT2D eigenvalue weighted by Gasteiger charge is 2.42. The van der Waals surface area contributed by atoms with Crippen LogP contribution in [0.2, 0.25) is 0 Å². The van der Waals surface area contributed by atoms with Crippen molar-refractivity contribution in [3.8, 4) is 0 Å². The van der Waals surface area contributed by atoms with Gasteiger partial charge in [-0.05, 0) is 42.7 Å². The number of hydrogen-bond acceptors (Lipinski definition) is 4. The van der Waals surface area contributed by atoms with Gasteiger partial charge in [-0.1, -0.05) is 49.4 Å². The van der Waals surface area contributed by atoms with Crippen LogP contribution in [0.4, 0.5) is 16.2 Å². The van der Waals surface area contributed by atoms with Gasteiger partial charge in [-0.25, -0.2) is 4.79 Å². The lowest BCUT2D eigenvalue weighted by molar-refractivity contribution is -0.116. The fourth-order valence-electron chi connectivity index (χ4n) is 4.81. The second-order valence-corrected chi connectivity index (χ2v) is 8.49. The van der Waals surface area contributed by atoms with E-state index in [0.29, 0.717) is 25.0 Å². The molecular weight excluding hydrogens is 414 g/mol. The molecule has 0 saturated carbocycles. The third-order valence-electron chi connectivity index (χ3n) is 6.29. The molecule has 2 heterocycles. The van der Waals surface area contributed by atoms with Crippen LogP contribution in [-0.4, -0.2) is 18.4 Å². The van der Waals surface area contributed by atoms with E-state index in [-0.39, 0.29) is 17.7 Å². The highest BCUT2D eigenvalue weighted by molar-refractivity contribution is 6.06. The quantitative estimate of drug-likeness (QED) is 0.539. The molecule has 0 unspecified atom stereocenters. The molecule has 0 radical (unpaired) electrons. The van der Waals surface area contributed by atoms with Gasteiger partial charge in [0, 0.05) is 30.2 Å². The number of allylic oxidation sites excluding steroid dienone is 1. The van der Waals surface area contributed by atoms with Crippen molar-refractivity contribution < 1.29 is 14.0 Å². The van der Waals surface area contributed by atoms with Gasteiger partial charge in [0.25, 0.3) is 0 Å². The van der Waals surface area contributed by atoms with E-state index in [1.165, 1.54) is 0 Å². The lowest BCUT2D eigenvalue weighted by atomic mass is 9.80. The maximum atomic E-state index is 13.7. The number of hydrogen-bond donors (Lipinski definition) is 2. The van der Waals surface area contributed by atoms with E-state index in [1.54, 1.807) is 11.2 Å². The van der Waals surface area contributed by atoms with Crippen molar-refractivity contribution in [3.05, 3.63) is 95.6 Å². The predicted molar refractivity (Wildman–Crippen MR) is 128 cm³/mol. The van der Waals surface area contributed by atoms with Gasteiger partial charge in [0.15, 0.2) is 5.78 Å². The van der Waals surface area contributed by atoms with Gasteiger partial charge in [-0.3, -0.25) is 9.69 Å². The Balaban J connectivity index is 1.69. The molecule has 5 rings (SSSR count). The Morgan fingerprint density at radius 1 is 1.06 bits per heavy atom. The minimum atomic E-state index is -0.528. The van der Waals surface area contributed by atoms with Crippen molar-refractivity contribution in [2.45, 2.75) is 38.1 Å². The maximum Gasteiger partial charge on any atom is 0.322 e. The van der Waals surface area contributed by atoms with Crippen LogP contribution in [0.5, 0.6) is 0 Å². The Morgan fingerprint density at radius 3 is 2.61 bits per heavy atom. The SMILES string of the molecule is CCCNC(=O)N1c2ccccc2NC2=C(C(=O)C[C@@H](c3ccco3)C2)[C@H]1c1ccccc1. The number of urea groups is 1. The van der Waals surface area contributed by atoms with Gasteiger partial charge in [0.05, 0.1) is 23.7 Å². The topological polar surface area (TPSA) is 74.6 Å². The summed E-state index contributed by atoms with van der Waals surface area (Å²) in [7, 11) is 0. The Kier molecular flexibility index (Phi) is 5.73. The fraction of sp³-hybridized carbons (Fsp3) is 0.259. The first-order chi connectivity index (χ1) is 16.2. The number of carbonyl (C=O) groups excluding carboxylic acids is 2. The smallest absolute Gasteiger partial charge is 0.322 e. The second-order valence-electron chi connectivity index (χ2n) is 8.49. The third-order valence-corrected chi connectivity index (χ3v) is 6.29. The summed E-state index contributed by atoms with van der Waals surface area (Å²) in [6.07, 6.45) is 3.45. The first-order valence-corrected chi connectivity index (χ1v) is 11.4. The van der Waals surface area contributed by atoms with Gasteiger partial charge < -0.3 is 15.1 Å². The van der Waals surface area contributed by atoms with Crippen LogP contribution in [-0.2, 0) is 4.79 Å². The van der Waals surface area contributed by atoms with Crippen LogP contribution in [0.25, 0.3) is 0 Å². The molecule has 6 nitrogen and oxygen atoms in total. The average molecular weight is 442 g/mol. The van der Waals surface area contributed by atoms with Crippen LogP contribution in [0.15, 0.2) is 88.7 Å². The molecule has 0 spiro atoms. The zero-order chi connectivity index (χ0) is 22.8. The number of benzene rings is 2. The number of furan rings is 1. The molecule has 6 heteroatoms. The Hall–Kier alpha value is -3.80. The number of anilines is 2. The molecule has 2 atom stereocenters. The molecule has 0 bridgehead atoms. The minimum Gasteiger partial charge on any atom is -0.469 e. The summed E-state index contributed by atoms with van der Waals surface area (Å²) in [4.78, 5) is 29.0. The van der Waals surface area contributed by atoms with E-state index in [1.807, 2.05) is 73.7 Å². The number of rotatable bonds is 4. The van der Waals surface area contributed by atoms with E-state index in [2.05, 4.69) is 10.6 Å². The number of amides is 2. The average Bonchev–Trinajstić information content (AvgIpc) is 3.33. The molecule has 1 aromatic heterocycles. The number of para-hydroxylation sites is 2. The number of carbonyl (C=O) groups is 2. The monoisotopic (exact) mass is 441 g/mol. The fourth-order valence-corrected chi connectivity index (χ4v) is 4.81. The van der Waals surface area contributed by atoms with Gasteiger partial charge in [-0.2, -0.15) is 0 Å². The molecule has 2 aromatic carbocycles. The molecule has 0 saturated heterocycles. The van der Waals surface area contributed by atoms with Crippen LogP contribution in [0.3, 0.4) is 0 Å². The summed E-state index contributed by atoms with van der Waals surface area (Å²) in [5.41, 5.74) is 3.95. The number of ketones is 1. The largest absolute Gasteiger partial charge is 0.469 e. The molecule has 168 valence electrons. The zero-order valence-electron chi connectivity index (χ0n) is 18.6. The number of nitrogens with zero attached hydrogens (tertiary/aromatic N) is 1. The van der Waals surface area contributed by atoms with E-state index < -0.39 is 6.04 Å². The van der Waals surface area contributed by atoms with Gasteiger partial charge >= 0.3 is 6.03 Å². The van der Waals surface area contributed by atoms with Gasteiger partial charge in [0.2, 0.25) is 0 Å². The standard InChI is InChI=1S/C27H27N3O3/c1-2-14-28-27(32)30-22-12-7-6-11-20(22)29-21-16-19(24-13-8-15-33-24)17-23(31)25(21)26(30)18-9-4-3-5-10-18/h3-13,15,19,26,29H,2,14,16-17H2,1H3,(H,28,32)/t19-,26+/m0/s1. The summed E-state index contributed by atoms with van der Waals surface area (Å²) >= 11 is 0. The van der Waals surface area contributed by atoms with Crippen molar-refractivity contribution in [1.82, 2.24) is 5.32 Å². The lowest BCUT2D eigenvalue weighted by Crippen LogP contribution is -2.44. The van der Waals surface area contributed by atoms with Crippen molar-refractivity contribution in [2.75, 3.05) is 16.8 Å². The first-order valence-electron chi connectivity index (χ1n) is 11.4. The van der Waals surface area contributed by atoms with Crippen molar-refractivity contribution in [1.29, 1.82) is 0 Å². The number of fused-ring (bicyclic) bond motifs is 1. The Bertz CT molecular complexity index is 1180. The molecule has 0 fully saturated rings. The molecular formula is C27H27N3O3. The van der Waals surface area contributed by atoms with Crippen LogP contribution in [0, 0.1) is 0 Å². The molecule has 1 aliphatic heterocycles. The highest BCUT2D eigenvalue weighted by Crippen LogP contribution is 2.47. The minimum absolute atomic E-state index is 0.0279. The van der Waals surface area contributed by atoms with Crippen LogP contribution >= 0.6 is 0 Å². The van der Waals surface area contributed by atoms with E-state index in [4.69, 9.17) is 4.42 Å². The van der Waals surface area contributed by atoms with Crippen molar-refractivity contribution in [3.63, 3.8) is 0 Å². The van der Waals surface area contributed by atoms with Gasteiger partial charge in [-0.15, -0.1) is 0 Å². The molecule has 33 heavy (non-hydrogen) atoms. The highest BCUT2D eigenvalue weighted by atomic mass is 16.3. The van der Waals surface area contributed by atoms with Crippen LogP contribution < -0.4 is 15.5 Å². The third kappa shape index (κ3) is 3.93. The number of Topliss-reactive ketones (excluding diaryl/α,β-unsaturated/α-hetero) is 1. The Morgan fingerprint density at radius 2 is 1.85 bits per heavy atom. The normalized spacial score (nSPS) is 19.9. The molecule has 2 N–H and O–H groups in total. The Labute approximate surface area is 193 Å². The predicted octanol–water partition coefficient (Wildman–Crippen LogP) is 5.77.